The highest BCUT2D eigenvalue weighted by Crippen LogP contribution is 2.11. The zero-order valence-corrected chi connectivity index (χ0v) is 10.4. The molecule has 8 heteroatoms. The molecule has 1 aromatic heterocycles. The van der Waals surface area contributed by atoms with Gasteiger partial charge in [0.15, 0.2) is 0 Å². The highest BCUT2D eigenvalue weighted by Gasteiger charge is 2.12. The SMILES string of the molecule is O=C(Nc1n[nH]c(C(=O)O)n1)c1ccc(Br)cc1. The monoisotopic (exact) mass is 310 g/mol. The van der Waals surface area contributed by atoms with Gasteiger partial charge in [-0.05, 0) is 24.3 Å². The predicted molar refractivity (Wildman–Crippen MR) is 65.4 cm³/mol. The lowest BCUT2D eigenvalue weighted by atomic mass is 10.2. The summed E-state index contributed by atoms with van der Waals surface area (Å²) in [5.74, 6) is -2.08. The first-order chi connectivity index (χ1) is 8.56. The third kappa shape index (κ3) is 2.72. The van der Waals surface area contributed by atoms with Gasteiger partial charge >= 0.3 is 5.97 Å². The van der Waals surface area contributed by atoms with E-state index in [1.807, 2.05) is 0 Å². The molecule has 0 unspecified atom stereocenters. The number of aromatic carboxylic acids is 1. The minimum absolute atomic E-state index is 0.0830. The molecule has 3 N–H and O–H groups in total. The average molecular weight is 311 g/mol. The Balaban J connectivity index is 2.11. The molecule has 2 aromatic rings. The van der Waals surface area contributed by atoms with Crippen LogP contribution in [-0.4, -0.2) is 32.2 Å². The molecule has 0 bridgehead atoms. The van der Waals surface area contributed by atoms with Gasteiger partial charge in [0.2, 0.25) is 11.8 Å². The molecule has 0 atom stereocenters. The van der Waals surface area contributed by atoms with Crippen molar-refractivity contribution in [2.24, 2.45) is 0 Å². The third-order valence-electron chi connectivity index (χ3n) is 2.02. The topological polar surface area (TPSA) is 108 Å². The number of carbonyl (C=O) groups is 2. The van der Waals surface area contributed by atoms with Crippen LogP contribution in [0, 0.1) is 0 Å². The number of rotatable bonds is 3. The molecule has 1 amide bonds. The van der Waals surface area contributed by atoms with Gasteiger partial charge in [-0.2, -0.15) is 4.98 Å². The molecule has 0 spiro atoms. The molecule has 7 nitrogen and oxygen atoms in total. The zero-order valence-electron chi connectivity index (χ0n) is 8.85. The first kappa shape index (κ1) is 12.2. The number of halogens is 1. The molecule has 0 aliphatic rings. The average Bonchev–Trinajstić information content (AvgIpc) is 2.78. The smallest absolute Gasteiger partial charge is 0.373 e. The fraction of sp³-hybridized carbons (Fsp3) is 0. The molecular weight excluding hydrogens is 304 g/mol. The number of anilines is 1. The van der Waals surface area contributed by atoms with Crippen LogP contribution in [-0.2, 0) is 0 Å². The van der Waals surface area contributed by atoms with Crippen LogP contribution in [0.1, 0.15) is 21.0 Å². The first-order valence-electron chi connectivity index (χ1n) is 4.79. The normalized spacial score (nSPS) is 10.1. The van der Waals surface area contributed by atoms with E-state index in [0.29, 0.717) is 5.56 Å². The Bertz CT molecular complexity index is 593. The molecule has 0 fully saturated rings. The number of amides is 1. The quantitative estimate of drug-likeness (QED) is 0.796. The van der Waals surface area contributed by atoms with Crippen molar-refractivity contribution < 1.29 is 14.7 Å². The van der Waals surface area contributed by atoms with E-state index >= 15 is 0 Å². The van der Waals surface area contributed by atoms with Crippen LogP contribution < -0.4 is 5.32 Å². The van der Waals surface area contributed by atoms with Crippen molar-refractivity contribution in [1.29, 1.82) is 0 Å². The van der Waals surface area contributed by atoms with Crippen LogP contribution in [0.15, 0.2) is 28.7 Å². The number of aromatic nitrogens is 3. The fourth-order valence-corrected chi connectivity index (χ4v) is 1.45. The van der Waals surface area contributed by atoms with E-state index in [2.05, 4.69) is 36.4 Å². The van der Waals surface area contributed by atoms with Crippen molar-refractivity contribution >= 4 is 33.8 Å². The van der Waals surface area contributed by atoms with E-state index < -0.39 is 11.9 Å². The lowest BCUT2D eigenvalue weighted by molar-refractivity contribution is 0.0683. The number of benzene rings is 1. The predicted octanol–water partition coefficient (Wildman–Crippen LogP) is 1.52. The number of carbonyl (C=O) groups excluding carboxylic acids is 1. The first-order valence-corrected chi connectivity index (χ1v) is 5.58. The summed E-state index contributed by atoms with van der Waals surface area (Å²) in [4.78, 5) is 25.9. The zero-order chi connectivity index (χ0) is 13.1. The summed E-state index contributed by atoms with van der Waals surface area (Å²) in [6.45, 7) is 0. The van der Waals surface area contributed by atoms with Crippen LogP contribution in [0.3, 0.4) is 0 Å². The van der Waals surface area contributed by atoms with E-state index in [4.69, 9.17) is 5.11 Å². The summed E-state index contributed by atoms with van der Waals surface area (Å²) in [5.41, 5.74) is 0.417. The van der Waals surface area contributed by atoms with E-state index in [1.165, 1.54) is 0 Å². The summed E-state index contributed by atoms with van der Waals surface area (Å²) in [6.07, 6.45) is 0. The van der Waals surface area contributed by atoms with Crippen molar-refractivity contribution in [1.82, 2.24) is 15.2 Å². The van der Waals surface area contributed by atoms with Crippen LogP contribution in [0.4, 0.5) is 5.95 Å². The Morgan fingerprint density at radius 2 is 1.94 bits per heavy atom. The molecule has 1 aromatic carbocycles. The summed E-state index contributed by atoms with van der Waals surface area (Å²) in [5, 5.41) is 16.8. The second-order valence-corrected chi connectivity index (χ2v) is 4.19. The molecule has 1 heterocycles. The number of carboxylic acids is 1. The van der Waals surface area contributed by atoms with Crippen molar-refractivity contribution in [3.8, 4) is 0 Å². The third-order valence-corrected chi connectivity index (χ3v) is 2.55. The number of hydrogen-bond acceptors (Lipinski definition) is 4. The van der Waals surface area contributed by atoms with Crippen molar-refractivity contribution in [2.75, 3.05) is 5.32 Å². The maximum absolute atomic E-state index is 11.7. The number of nitrogens with one attached hydrogen (secondary N) is 2. The molecular formula is C10H7BrN4O3. The summed E-state index contributed by atoms with van der Waals surface area (Å²) in [6, 6.07) is 6.67. The molecule has 0 saturated carbocycles. The molecule has 0 radical (unpaired) electrons. The van der Waals surface area contributed by atoms with Crippen molar-refractivity contribution in [3.63, 3.8) is 0 Å². The van der Waals surface area contributed by atoms with Gasteiger partial charge in [0.05, 0.1) is 0 Å². The Kier molecular flexibility index (Phi) is 3.38. The fourth-order valence-electron chi connectivity index (χ4n) is 1.19. The number of hydrogen-bond donors (Lipinski definition) is 3. The van der Waals surface area contributed by atoms with E-state index in [-0.39, 0.29) is 11.8 Å². The van der Waals surface area contributed by atoms with Gasteiger partial charge in [-0.3, -0.25) is 15.2 Å². The van der Waals surface area contributed by atoms with E-state index in [0.717, 1.165) is 4.47 Å². The van der Waals surface area contributed by atoms with Gasteiger partial charge in [0, 0.05) is 10.0 Å². The lowest BCUT2D eigenvalue weighted by Crippen LogP contribution is -2.13. The number of H-pyrrole nitrogens is 1. The highest BCUT2D eigenvalue weighted by molar-refractivity contribution is 9.10. The van der Waals surface area contributed by atoms with Gasteiger partial charge < -0.3 is 5.11 Å². The van der Waals surface area contributed by atoms with Gasteiger partial charge in [0.25, 0.3) is 5.91 Å². The maximum atomic E-state index is 11.7. The van der Waals surface area contributed by atoms with Crippen molar-refractivity contribution in [2.45, 2.75) is 0 Å². The second-order valence-electron chi connectivity index (χ2n) is 3.27. The van der Waals surface area contributed by atoms with Gasteiger partial charge in [-0.1, -0.05) is 15.9 Å². The lowest BCUT2D eigenvalue weighted by Gasteiger charge is -2.00. The Labute approximate surface area is 109 Å². The molecule has 92 valence electrons. The molecule has 0 aliphatic heterocycles. The van der Waals surface area contributed by atoms with Crippen molar-refractivity contribution in [3.05, 3.63) is 40.1 Å². The maximum Gasteiger partial charge on any atom is 0.373 e. The summed E-state index contributed by atoms with van der Waals surface area (Å²) in [7, 11) is 0. The van der Waals surface area contributed by atoms with E-state index in [1.54, 1.807) is 24.3 Å². The minimum Gasteiger partial charge on any atom is -0.475 e. The Hall–Kier alpha value is -2.22. The largest absolute Gasteiger partial charge is 0.475 e. The molecule has 0 saturated heterocycles. The summed E-state index contributed by atoms with van der Waals surface area (Å²) >= 11 is 3.25. The molecule has 0 aliphatic carbocycles. The number of aromatic amines is 1. The van der Waals surface area contributed by atoms with Gasteiger partial charge in [-0.15, -0.1) is 5.10 Å². The molecule has 18 heavy (non-hydrogen) atoms. The van der Waals surface area contributed by atoms with Gasteiger partial charge in [0.1, 0.15) is 0 Å². The van der Waals surface area contributed by atoms with E-state index in [9.17, 15) is 9.59 Å². The number of nitrogens with zero attached hydrogens (tertiary/aromatic N) is 2. The number of carboxylic acid groups (broad SMARTS) is 1. The van der Waals surface area contributed by atoms with Crippen LogP contribution in [0.5, 0.6) is 0 Å². The Morgan fingerprint density at radius 3 is 2.50 bits per heavy atom. The second kappa shape index (κ2) is 4.96. The minimum atomic E-state index is -1.24. The standard InChI is InChI=1S/C10H7BrN4O3/c11-6-3-1-5(2-4-6)8(16)13-10-12-7(9(17)18)14-15-10/h1-4H,(H,17,18)(H2,12,13,14,15,16). The van der Waals surface area contributed by atoms with Crippen LogP contribution in [0.2, 0.25) is 0 Å². The van der Waals surface area contributed by atoms with Crippen LogP contribution in [0.25, 0.3) is 0 Å². The molecule has 2 rings (SSSR count). The summed E-state index contributed by atoms with van der Waals surface area (Å²) < 4.78 is 0.852. The van der Waals surface area contributed by atoms with Crippen LogP contribution >= 0.6 is 15.9 Å². The Morgan fingerprint density at radius 1 is 1.28 bits per heavy atom. The van der Waals surface area contributed by atoms with Gasteiger partial charge in [-0.25, -0.2) is 4.79 Å². The highest BCUT2D eigenvalue weighted by atomic mass is 79.9.